The van der Waals surface area contributed by atoms with Crippen LogP contribution in [0, 0.1) is 6.92 Å². The minimum absolute atomic E-state index is 0.0786. The number of aryl methyl sites for hydroxylation is 1. The summed E-state index contributed by atoms with van der Waals surface area (Å²) >= 11 is 0. The lowest BCUT2D eigenvalue weighted by Crippen LogP contribution is -2.69. The second-order valence-electron chi connectivity index (χ2n) is 6.86. The summed E-state index contributed by atoms with van der Waals surface area (Å²) in [5.41, 5.74) is 0.977. The highest BCUT2D eigenvalue weighted by atomic mass is 19.4. The zero-order valence-corrected chi connectivity index (χ0v) is 14.3. The third-order valence-corrected chi connectivity index (χ3v) is 5.07. The summed E-state index contributed by atoms with van der Waals surface area (Å²) in [6.07, 6.45) is -2.07. The average Bonchev–Trinajstić information content (AvgIpc) is 3.05. The SMILES string of the molecule is Cc1cc(N2CC3CC(C2)N3c2ccc3nnc(C(F)(F)F)n3n2)ncn1. The Hall–Kier alpha value is -2.98. The maximum atomic E-state index is 13.1. The van der Waals surface area contributed by atoms with Gasteiger partial charge < -0.3 is 9.80 Å². The van der Waals surface area contributed by atoms with Gasteiger partial charge in [0.2, 0.25) is 0 Å². The van der Waals surface area contributed by atoms with Gasteiger partial charge in [-0.1, -0.05) is 0 Å². The Labute approximate surface area is 151 Å². The highest BCUT2D eigenvalue weighted by molar-refractivity contribution is 5.54. The maximum absolute atomic E-state index is 13.1. The van der Waals surface area contributed by atoms with Crippen molar-refractivity contribution in [1.82, 2.24) is 29.8 Å². The largest absolute Gasteiger partial charge is 0.453 e. The smallest absolute Gasteiger partial charge is 0.352 e. The molecule has 2 bridgehead atoms. The summed E-state index contributed by atoms with van der Waals surface area (Å²) in [6, 6.07) is 5.51. The van der Waals surface area contributed by atoms with Gasteiger partial charge in [0, 0.05) is 24.8 Å². The molecule has 0 radical (unpaired) electrons. The molecule has 140 valence electrons. The number of hydrogen-bond donors (Lipinski definition) is 0. The van der Waals surface area contributed by atoms with Crippen molar-refractivity contribution in [2.24, 2.45) is 0 Å². The maximum Gasteiger partial charge on any atom is 0.453 e. The molecule has 0 amide bonds. The molecule has 3 saturated heterocycles. The highest BCUT2D eigenvalue weighted by Gasteiger charge is 2.46. The monoisotopic (exact) mass is 376 g/mol. The lowest BCUT2D eigenvalue weighted by molar-refractivity contribution is -0.146. The number of hydrogen-bond acceptors (Lipinski definition) is 7. The molecule has 2 unspecified atom stereocenters. The van der Waals surface area contributed by atoms with E-state index in [1.165, 1.54) is 6.07 Å². The molecule has 3 aliphatic rings. The van der Waals surface area contributed by atoms with Crippen LogP contribution in [0.3, 0.4) is 0 Å². The molecule has 3 aliphatic heterocycles. The van der Waals surface area contributed by atoms with Gasteiger partial charge in [0.25, 0.3) is 5.82 Å². The lowest BCUT2D eigenvalue weighted by Gasteiger charge is -2.57. The average molecular weight is 376 g/mol. The second kappa shape index (κ2) is 5.51. The topological polar surface area (TPSA) is 75.3 Å². The second-order valence-corrected chi connectivity index (χ2v) is 6.86. The molecule has 3 fully saturated rings. The first-order valence-corrected chi connectivity index (χ1v) is 8.52. The Bertz CT molecular complexity index is 1000. The number of piperidine rings is 1. The van der Waals surface area contributed by atoms with Gasteiger partial charge in [-0.3, -0.25) is 0 Å². The minimum atomic E-state index is -4.60. The number of fused-ring (bicyclic) bond motifs is 3. The van der Waals surface area contributed by atoms with Gasteiger partial charge in [-0.15, -0.1) is 15.3 Å². The van der Waals surface area contributed by atoms with Crippen LogP contribution >= 0.6 is 0 Å². The molecule has 0 spiro atoms. The Morgan fingerprint density at radius 3 is 2.52 bits per heavy atom. The number of aromatic nitrogens is 6. The number of anilines is 2. The Morgan fingerprint density at radius 1 is 1.04 bits per heavy atom. The van der Waals surface area contributed by atoms with Crippen molar-refractivity contribution in [3.05, 3.63) is 36.0 Å². The lowest BCUT2D eigenvalue weighted by atomic mass is 9.87. The van der Waals surface area contributed by atoms with Gasteiger partial charge in [0.05, 0.1) is 12.1 Å². The van der Waals surface area contributed by atoms with Gasteiger partial charge in [0.15, 0.2) is 5.65 Å². The third-order valence-electron chi connectivity index (χ3n) is 5.07. The van der Waals surface area contributed by atoms with E-state index in [1.807, 2.05) is 13.0 Å². The fourth-order valence-electron chi connectivity index (χ4n) is 3.88. The van der Waals surface area contributed by atoms with E-state index in [9.17, 15) is 13.2 Å². The van der Waals surface area contributed by atoms with Gasteiger partial charge in [-0.05, 0) is 25.5 Å². The summed E-state index contributed by atoms with van der Waals surface area (Å²) in [5, 5.41) is 11.0. The molecule has 0 aliphatic carbocycles. The first-order chi connectivity index (χ1) is 12.9. The van der Waals surface area contributed by atoms with E-state index in [0.29, 0.717) is 5.82 Å². The van der Waals surface area contributed by atoms with Crippen LogP contribution in [0.5, 0.6) is 0 Å². The van der Waals surface area contributed by atoms with E-state index in [1.54, 1.807) is 12.4 Å². The fourth-order valence-corrected chi connectivity index (χ4v) is 3.88. The van der Waals surface area contributed by atoms with Crippen LogP contribution in [0.2, 0.25) is 0 Å². The van der Waals surface area contributed by atoms with Gasteiger partial charge >= 0.3 is 6.18 Å². The molecular weight excluding hydrogens is 361 g/mol. The Morgan fingerprint density at radius 2 is 1.81 bits per heavy atom. The van der Waals surface area contributed by atoms with Crippen LogP contribution in [-0.2, 0) is 6.18 Å². The normalized spacial score (nSPS) is 22.2. The Kier molecular flexibility index (Phi) is 3.31. The first kappa shape index (κ1) is 16.2. The van der Waals surface area contributed by atoms with Crippen LogP contribution in [-0.4, -0.2) is 55.0 Å². The van der Waals surface area contributed by atoms with Gasteiger partial charge in [0.1, 0.15) is 18.0 Å². The number of alkyl halides is 3. The number of piperazine rings is 1. The van der Waals surface area contributed by atoms with Crippen molar-refractivity contribution in [2.45, 2.75) is 31.6 Å². The van der Waals surface area contributed by atoms with Crippen molar-refractivity contribution >= 4 is 17.3 Å². The third kappa shape index (κ3) is 2.56. The quantitative estimate of drug-likeness (QED) is 0.674. The summed E-state index contributed by atoms with van der Waals surface area (Å²) < 4.78 is 40.0. The molecule has 6 rings (SSSR count). The van der Waals surface area contributed by atoms with E-state index < -0.39 is 12.0 Å². The zero-order valence-electron chi connectivity index (χ0n) is 14.3. The molecule has 3 aromatic rings. The zero-order chi connectivity index (χ0) is 18.8. The standard InChI is InChI=1S/C16H15F3N8/c1-9-4-14(21-8-20-9)25-6-10-5-11(7-25)26(10)13-3-2-12-22-23-15(16(17,18)19)27(12)24-13/h2-4,8,10-11H,5-7H2,1H3. The molecule has 11 heteroatoms. The number of halogens is 3. The first-order valence-electron chi connectivity index (χ1n) is 8.52. The van der Waals surface area contributed by atoms with Crippen molar-refractivity contribution < 1.29 is 13.2 Å². The fraction of sp³-hybridized carbons (Fsp3) is 0.438. The van der Waals surface area contributed by atoms with Crippen LogP contribution in [0.1, 0.15) is 17.9 Å². The molecule has 2 atom stereocenters. The van der Waals surface area contributed by atoms with Crippen molar-refractivity contribution in [3.63, 3.8) is 0 Å². The molecule has 0 saturated carbocycles. The predicted molar refractivity (Wildman–Crippen MR) is 89.4 cm³/mol. The van der Waals surface area contributed by atoms with E-state index in [2.05, 4.69) is 35.1 Å². The summed E-state index contributed by atoms with van der Waals surface area (Å²) in [5.74, 6) is 0.272. The van der Waals surface area contributed by atoms with E-state index in [-0.39, 0.29) is 17.7 Å². The summed E-state index contributed by atoms with van der Waals surface area (Å²) in [4.78, 5) is 12.7. The molecule has 0 N–H and O–H groups in total. The van der Waals surface area contributed by atoms with E-state index in [0.717, 1.165) is 35.5 Å². The molecule has 8 nitrogen and oxygen atoms in total. The van der Waals surface area contributed by atoms with Crippen molar-refractivity contribution in [3.8, 4) is 0 Å². The van der Waals surface area contributed by atoms with Crippen LogP contribution in [0.15, 0.2) is 24.5 Å². The van der Waals surface area contributed by atoms with Crippen molar-refractivity contribution in [2.75, 3.05) is 22.9 Å². The van der Waals surface area contributed by atoms with Gasteiger partial charge in [-0.2, -0.15) is 17.7 Å². The molecule has 0 aromatic carbocycles. The molecule has 27 heavy (non-hydrogen) atoms. The van der Waals surface area contributed by atoms with Crippen LogP contribution in [0.4, 0.5) is 24.8 Å². The highest BCUT2D eigenvalue weighted by Crippen LogP contribution is 2.37. The van der Waals surface area contributed by atoms with E-state index in [4.69, 9.17) is 0 Å². The van der Waals surface area contributed by atoms with Crippen LogP contribution < -0.4 is 9.80 Å². The summed E-state index contributed by atoms with van der Waals surface area (Å²) in [6.45, 7) is 3.39. The van der Waals surface area contributed by atoms with Gasteiger partial charge in [-0.25, -0.2) is 9.97 Å². The van der Waals surface area contributed by atoms with Crippen LogP contribution in [0.25, 0.3) is 5.65 Å². The van der Waals surface area contributed by atoms with Crippen molar-refractivity contribution in [1.29, 1.82) is 0 Å². The minimum Gasteiger partial charge on any atom is -0.352 e. The Balaban J connectivity index is 1.42. The number of rotatable bonds is 2. The predicted octanol–water partition coefficient (Wildman–Crippen LogP) is 1.71. The number of nitrogens with zero attached hydrogens (tertiary/aromatic N) is 8. The molecular formula is C16H15F3N8. The molecule has 6 heterocycles. The summed E-state index contributed by atoms with van der Waals surface area (Å²) in [7, 11) is 0. The molecule has 3 aromatic heterocycles. The van der Waals surface area contributed by atoms with E-state index >= 15 is 0 Å².